The number of carbonyl (C=O) groups is 1. The van der Waals surface area contributed by atoms with Crippen molar-refractivity contribution in [2.24, 2.45) is 5.73 Å². The average molecular weight is 256 g/mol. The summed E-state index contributed by atoms with van der Waals surface area (Å²) in [5.41, 5.74) is 6.25. The van der Waals surface area contributed by atoms with Gasteiger partial charge in [-0.05, 0) is 42.8 Å². The molecule has 0 unspecified atom stereocenters. The van der Waals surface area contributed by atoms with Gasteiger partial charge in [0, 0.05) is 18.7 Å². The van der Waals surface area contributed by atoms with E-state index in [0.29, 0.717) is 13.1 Å². The summed E-state index contributed by atoms with van der Waals surface area (Å²) in [6.45, 7) is 4.04. The first-order chi connectivity index (χ1) is 9.26. The second-order valence-electron chi connectivity index (χ2n) is 4.59. The van der Waals surface area contributed by atoms with Crippen molar-refractivity contribution < 1.29 is 4.79 Å². The van der Waals surface area contributed by atoms with Crippen LogP contribution in [0, 0.1) is 0 Å². The predicted octanol–water partition coefficient (Wildman–Crippen LogP) is 2.65. The summed E-state index contributed by atoms with van der Waals surface area (Å²) in [5.74, 6) is 0.0849. The van der Waals surface area contributed by atoms with E-state index in [0.717, 1.165) is 29.3 Å². The highest BCUT2D eigenvalue weighted by Crippen LogP contribution is 2.17. The van der Waals surface area contributed by atoms with E-state index in [1.165, 1.54) is 0 Å². The topological polar surface area (TPSA) is 46.3 Å². The molecule has 0 aliphatic heterocycles. The predicted molar refractivity (Wildman–Crippen MR) is 79.2 cm³/mol. The van der Waals surface area contributed by atoms with Crippen LogP contribution in [-0.4, -0.2) is 30.4 Å². The Hall–Kier alpha value is -1.87. The zero-order valence-electron chi connectivity index (χ0n) is 11.3. The Bertz CT molecular complexity index is 565. The Balaban J connectivity index is 2.24. The monoisotopic (exact) mass is 256 g/mol. The molecule has 0 atom stereocenters. The van der Waals surface area contributed by atoms with Crippen LogP contribution in [0.15, 0.2) is 42.5 Å². The smallest absolute Gasteiger partial charge is 0.253 e. The zero-order chi connectivity index (χ0) is 13.7. The summed E-state index contributed by atoms with van der Waals surface area (Å²) in [4.78, 5) is 14.3. The van der Waals surface area contributed by atoms with Gasteiger partial charge >= 0.3 is 0 Å². The van der Waals surface area contributed by atoms with Crippen molar-refractivity contribution in [1.29, 1.82) is 0 Å². The number of amides is 1. The lowest BCUT2D eigenvalue weighted by Gasteiger charge is -2.20. The molecule has 0 bridgehead atoms. The Labute approximate surface area is 114 Å². The van der Waals surface area contributed by atoms with Crippen LogP contribution >= 0.6 is 0 Å². The molecule has 1 amide bonds. The van der Waals surface area contributed by atoms with Gasteiger partial charge in [0.2, 0.25) is 0 Å². The molecule has 3 heteroatoms. The molecule has 3 nitrogen and oxygen atoms in total. The van der Waals surface area contributed by atoms with E-state index in [2.05, 4.69) is 6.07 Å². The van der Waals surface area contributed by atoms with E-state index in [4.69, 9.17) is 5.73 Å². The molecule has 0 fully saturated rings. The Kier molecular flexibility index (Phi) is 4.53. The van der Waals surface area contributed by atoms with Crippen LogP contribution in [0.3, 0.4) is 0 Å². The summed E-state index contributed by atoms with van der Waals surface area (Å²) in [6.07, 6.45) is 0.840. The molecule has 100 valence electrons. The van der Waals surface area contributed by atoms with Gasteiger partial charge < -0.3 is 10.6 Å². The summed E-state index contributed by atoms with van der Waals surface area (Å²) >= 11 is 0. The number of carbonyl (C=O) groups excluding carboxylic acids is 1. The minimum Gasteiger partial charge on any atom is -0.339 e. The van der Waals surface area contributed by atoms with E-state index in [1.807, 2.05) is 48.2 Å². The summed E-state index contributed by atoms with van der Waals surface area (Å²) in [5, 5.41) is 2.26. The largest absolute Gasteiger partial charge is 0.339 e. The zero-order valence-corrected chi connectivity index (χ0v) is 11.3. The lowest BCUT2D eigenvalue weighted by atomic mass is 10.1. The van der Waals surface area contributed by atoms with Crippen LogP contribution in [0.25, 0.3) is 10.8 Å². The number of nitrogens with two attached hydrogens (primary N) is 1. The maximum atomic E-state index is 12.4. The molecule has 19 heavy (non-hydrogen) atoms. The van der Waals surface area contributed by atoms with Crippen LogP contribution in [0.1, 0.15) is 23.7 Å². The lowest BCUT2D eigenvalue weighted by molar-refractivity contribution is 0.0764. The van der Waals surface area contributed by atoms with Crippen LogP contribution < -0.4 is 5.73 Å². The van der Waals surface area contributed by atoms with Crippen LogP contribution in [0.5, 0.6) is 0 Å². The number of hydrogen-bond acceptors (Lipinski definition) is 2. The summed E-state index contributed by atoms with van der Waals surface area (Å²) in [6, 6.07) is 13.9. The number of rotatable bonds is 5. The van der Waals surface area contributed by atoms with E-state index < -0.39 is 0 Å². The fourth-order valence-corrected chi connectivity index (χ4v) is 2.19. The summed E-state index contributed by atoms with van der Waals surface area (Å²) in [7, 11) is 0. The summed E-state index contributed by atoms with van der Waals surface area (Å²) < 4.78 is 0. The molecule has 0 radical (unpaired) electrons. The van der Waals surface area contributed by atoms with Gasteiger partial charge in [-0.25, -0.2) is 0 Å². The normalized spacial score (nSPS) is 10.6. The van der Waals surface area contributed by atoms with E-state index >= 15 is 0 Å². The molecule has 2 N–H and O–H groups in total. The minimum absolute atomic E-state index is 0.0849. The van der Waals surface area contributed by atoms with Crippen LogP contribution in [0.2, 0.25) is 0 Å². The molecule has 0 saturated heterocycles. The fraction of sp³-hybridized carbons (Fsp3) is 0.312. The maximum absolute atomic E-state index is 12.4. The Morgan fingerprint density at radius 2 is 1.89 bits per heavy atom. The van der Waals surface area contributed by atoms with Crippen molar-refractivity contribution in [2.75, 3.05) is 19.6 Å². The van der Waals surface area contributed by atoms with Gasteiger partial charge in [-0.3, -0.25) is 4.79 Å². The van der Waals surface area contributed by atoms with Crippen molar-refractivity contribution in [3.63, 3.8) is 0 Å². The number of fused-ring (bicyclic) bond motifs is 1. The number of nitrogens with zero attached hydrogens (tertiary/aromatic N) is 1. The Morgan fingerprint density at radius 3 is 2.58 bits per heavy atom. The van der Waals surface area contributed by atoms with Crippen LogP contribution in [0.4, 0.5) is 0 Å². The first-order valence-electron chi connectivity index (χ1n) is 6.74. The molecule has 0 aliphatic carbocycles. The quantitative estimate of drug-likeness (QED) is 0.894. The van der Waals surface area contributed by atoms with Gasteiger partial charge in [0.15, 0.2) is 0 Å². The number of hydrogen-bond donors (Lipinski definition) is 1. The van der Waals surface area contributed by atoms with E-state index in [-0.39, 0.29) is 5.91 Å². The lowest BCUT2D eigenvalue weighted by Crippen LogP contribution is -2.32. The fourth-order valence-electron chi connectivity index (χ4n) is 2.19. The first-order valence-corrected chi connectivity index (χ1v) is 6.74. The molecule has 0 aliphatic rings. The van der Waals surface area contributed by atoms with E-state index in [9.17, 15) is 4.79 Å². The van der Waals surface area contributed by atoms with Crippen molar-refractivity contribution in [3.8, 4) is 0 Å². The van der Waals surface area contributed by atoms with E-state index in [1.54, 1.807) is 0 Å². The van der Waals surface area contributed by atoms with Gasteiger partial charge in [-0.1, -0.05) is 30.3 Å². The van der Waals surface area contributed by atoms with Gasteiger partial charge in [0.1, 0.15) is 0 Å². The first kappa shape index (κ1) is 13.6. The third-order valence-electron chi connectivity index (χ3n) is 3.30. The molecule has 2 aromatic rings. The van der Waals surface area contributed by atoms with Gasteiger partial charge in [0.25, 0.3) is 5.91 Å². The highest BCUT2D eigenvalue weighted by atomic mass is 16.2. The van der Waals surface area contributed by atoms with Crippen molar-refractivity contribution in [3.05, 3.63) is 48.0 Å². The standard InChI is InChI=1S/C16H20N2O/c1-2-18(11-5-10-17)16(19)15-9-8-13-6-3-4-7-14(13)12-15/h3-4,6-9,12H,2,5,10-11,17H2,1H3. The minimum atomic E-state index is 0.0849. The molecule has 0 spiro atoms. The van der Waals surface area contributed by atoms with Crippen molar-refractivity contribution >= 4 is 16.7 Å². The van der Waals surface area contributed by atoms with Crippen molar-refractivity contribution in [2.45, 2.75) is 13.3 Å². The Morgan fingerprint density at radius 1 is 1.16 bits per heavy atom. The molecular formula is C16H20N2O. The highest BCUT2D eigenvalue weighted by molar-refractivity contribution is 5.98. The SMILES string of the molecule is CCN(CCCN)C(=O)c1ccc2ccccc2c1. The van der Waals surface area contributed by atoms with Crippen LogP contribution in [-0.2, 0) is 0 Å². The van der Waals surface area contributed by atoms with Gasteiger partial charge in [-0.15, -0.1) is 0 Å². The average Bonchev–Trinajstić information content (AvgIpc) is 2.47. The van der Waals surface area contributed by atoms with Gasteiger partial charge in [-0.2, -0.15) is 0 Å². The molecule has 2 aromatic carbocycles. The molecule has 0 aromatic heterocycles. The van der Waals surface area contributed by atoms with Gasteiger partial charge in [0.05, 0.1) is 0 Å². The third-order valence-corrected chi connectivity index (χ3v) is 3.30. The second kappa shape index (κ2) is 6.34. The molecule has 0 saturated carbocycles. The maximum Gasteiger partial charge on any atom is 0.253 e. The second-order valence-corrected chi connectivity index (χ2v) is 4.59. The van der Waals surface area contributed by atoms with Crippen molar-refractivity contribution in [1.82, 2.24) is 4.90 Å². The highest BCUT2D eigenvalue weighted by Gasteiger charge is 2.13. The molecular weight excluding hydrogens is 236 g/mol. The molecule has 2 rings (SSSR count). The molecule has 0 heterocycles. The number of benzene rings is 2. The third kappa shape index (κ3) is 3.12.